The third kappa shape index (κ3) is 3.49. The van der Waals surface area contributed by atoms with E-state index in [1.807, 2.05) is 13.0 Å². The van der Waals surface area contributed by atoms with Crippen LogP contribution in [0.3, 0.4) is 0 Å². The van der Waals surface area contributed by atoms with Crippen molar-refractivity contribution in [2.24, 2.45) is 5.92 Å². The molecule has 1 heterocycles. The summed E-state index contributed by atoms with van der Waals surface area (Å²) in [5.41, 5.74) is 2.18. The first-order valence-corrected chi connectivity index (χ1v) is 6.23. The summed E-state index contributed by atoms with van der Waals surface area (Å²) in [7, 11) is 0. The molecule has 1 N–H and O–H groups in total. The molecule has 0 aromatic carbocycles. The number of hydrogen-bond acceptors (Lipinski definition) is 2. The van der Waals surface area contributed by atoms with Crippen molar-refractivity contribution in [1.29, 1.82) is 0 Å². The second kappa shape index (κ2) is 5.50. The quantitative estimate of drug-likeness (QED) is 0.837. The minimum atomic E-state index is 0.520. The molecule has 2 nitrogen and oxygen atoms in total. The number of pyridine rings is 1. The van der Waals surface area contributed by atoms with E-state index in [0.29, 0.717) is 12.0 Å². The van der Waals surface area contributed by atoms with Crippen molar-refractivity contribution in [1.82, 2.24) is 4.98 Å². The zero-order valence-corrected chi connectivity index (χ0v) is 11.4. The van der Waals surface area contributed by atoms with Gasteiger partial charge in [0.2, 0.25) is 0 Å². The summed E-state index contributed by atoms with van der Waals surface area (Å²) in [6.45, 7) is 8.71. The zero-order valence-electron chi connectivity index (χ0n) is 9.84. The molecular weight excluding hydrogens is 252 g/mol. The average Bonchev–Trinajstić information content (AvgIpc) is 2.16. The maximum absolute atomic E-state index is 4.37. The summed E-state index contributed by atoms with van der Waals surface area (Å²) in [4.78, 5) is 4.37. The van der Waals surface area contributed by atoms with Gasteiger partial charge >= 0.3 is 0 Å². The maximum atomic E-state index is 4.37. The van der Waals surface area contributed by atoms with Crippen LogP contribution >= 0.6 is 15.9 Å². The summed E-state index contributed by atoms with van der Waals surface area (Å²) < 4.78 is 0.892. The van der Waals surface area contributed by atoms with Crippen LogP contribution in [0.4, 0.5) is 5.69 Å². The van der Waals surface area contributed by atoms with Gasteiger partial charge in [-0.3, -0.25) is 0 Å². The Morgan fingerprint density at radius 2 is 2.07 bits per heavy atom. The summed E-state index contributed by atoms with van der Waals surface area (Å²) in [5, 5.41) is 3.54. The molecule has 1 aromatic rings. The molecule has 1 atom stereocenters. The van der Waals surface area contributed by atoms with Crippen LogP contribution in [0.5, 0.6) is 0 Å². The lowest BCUT2D eigenvalue weighted by molar-refractivity contribution is 0.511. The summed E-state index contributed by atoms with van der Waals surface area (Å²) in [6, 6.07) is 4.58. The number of nitrogens with one attached hydrogen (secondary N) is 1. The second-order valence-corrected chi connectivity index (χ2v) is 4.98. The Morgan fingerprint density at radius 1 is 1.40 bits per heavy atom. The van der Waals surface area contributed by atoms with E-state index in [0.717, 1.165) is 22.4 Å². The fourth-order valence-corrected chi connectivity index (χ4v) is 2.02. The Kier molecular flexibility index (Phi) is 4.58. The largest absolute Gasteiger partial charge is 0.381 e. The molecule has 0 fully saturated rings. The Bertz CT molecular complexity index is 323. The van der Waals surface area contributed by atoms with Crippen molar-refractivity contribution < 1.29 is 0 Å². The van der Waals surface area contributed by atoms with Gasteiger partial charge in [0.25, 0.3) is 0 Å². The molecule has 0 bridgehead atoms. The van der Waals surface area contributed by atoms with Gasteiger partial charge in [-0.25, -0.2) is 4.98 Å². The van der Waals surface area contributed by atoms with E-state index >= 15 is 0 Å². The van der Waals surface area contributed by atoms with Crippen molar-refractivity contribution in [3.05, 3.63) is 22.4 Å². The Hall–Kier alpha value is -0.570. The lowest BCUT2D eigenvalue weighted by Gasteiger charge is -2.22. The first-order chi connectivity index (χ1) is 7.04. The summed E-state index contributed by atoms with van der Waals surface area (Å²) in [5.74, 6) is 0.637. The van der Waals surface area contributed by atoms with Crippen LogP contribution in [-0.4, -0.2) is 11.0 Å². The van der Waals surface area contributed by atoms with Crippen molar-refractivity contribution in [3.63, 3.8) is 0 Å². The predicted molar refractivity (Wildman–Crippen MR) is 69.2 cm³/mol. The molecule has 0 aliphatic rings. The SMILES string of the molecule is CCC(Nc1ccc(Br)nc1C)C(C)C. The minimum Gasteiger partial charge on any atom is -0.381 e. The highest BCUT2D eigenvalue weighted by molar-refractivity contribution is 9.10. The number of aryl methyl sites for hydroxylation is 1. The average molecular weight is 271 g/mol. The number of halogens is 1. The smallest absolute Gasteiger partial charge is 0.106 e. The first-order valence-electron chi connectivity index (χ1n) is 5.44. The van der Waals surface area contributed by atoms with Crippen molar-refractivity contribution in [2.45, 2.75) is 40.2 Å². The molecule has 0 saturated carbocycles. The van der Waals surface area contributed by atoms with E-state index in [4.69, 9.17) is 0 Å². The van der Waals surface area contributed by atoms with Crippen molar-refractivity contribution in [3.8, 4) is 0 Å². The van der Waals surface area contributed by atoms with Crippen LogP contribution in [0.25, 0.3) is 0 Å². The van der Waals surface area contributed by atoms with Gasteiger partial charge in [0.1, 0.15) is 4.60 Å². The monoisotopic (exact) mass is 270 g/mol. The molecule has 0 spiro atoms. The lowest BCUT2D eigenvalue weighted by Crippen LogP contribution is -2.25. The van der Waals surface area contributed by atoms with E-state index in [-0.39, 0.29) is 0 Å². The van der Waals surface area contributed by atoms with Crippen LogP contribution in [0.1, 0.15) is 32.9 Å². The molecule has 0 radical (unpaired) electrons. The van der Waals surface area contributed by atoms with Gasteiger partial charge in [-0.1, -0.05) is 20.8 Å². The summed E-state index contributed by atoms with van der Waals surface area (Å²) >= 11 is 3.37. The highest BCUT2D eigenvalue weighted by Crippen LogP contribution is 2.19. The third-order valence-corrected chi connectivity index (χ3v) is 3.08. The molecule has 15 heavy (non-hydrogen) atoms. The van der Waals surface area contributed by atoms with Crippen LogP contribution in [-0.2, 0) is 0 Å². The molecule has 0 aliphatic heterocycles. The van der Waals surface area contributed by atoms with Gasteiger partial charge < -0.3 is 5.32 Å². The fraction of sp³-hybridized carbons (Fsp3) is 0.583. The second-order valence-electron chi connectivity index (χ2n) is 4.17. The molecule has 1 aromatic heterocycles. The number of nitrogens with zero attached hydrogens (tertiary/aromatic N) is 1. The molecular formula is C12H19BrN2. The van der Waals surface area contributed by atoms with Crippen LogP contribution < -0.4 is 5.32 Å². The zero-order chi connectivity index (χ0) is 11.4. The topological polar surface area (TPSA) is 24.9 Å². The first kappa shape index (κ1) is 12.5. The number of anilines is 1. The fourth-order valence-electron chi connectivity index (χ4n) is 1.62. The normalized spacial score (nSPS) is 12.9. The molecule has 1 unspecified atom stereocenters. The lowest BCUT2D eigenvalue weighted by atomic mass is 10.0. The Morgan fingerprint density at radius 3 is 2.53 bits per heavy atom. The van der Waals surface area contributed by atoms with Crippen LogP contribution in [0, 0.1) is 12.8 Å². The molecule has 84 valence electrons. The highest BCUT2D eigenvalue weighted by Gasteiger charge is 2.11. The number of rotatable bonds is 4. The number of aromatic nitrogens is 1. The van der Waals surface area contributed by atoms with Crippen molar-refractivity contribution >= 4 is 21.6 Å². The van der Waals surface area contributed by atoms with Crippen molar-refractivity contribution in [2.75, 3.05) is 5.32 Å². The summed E-state index contributed by atoms with van der Waals surface area (Å²) in [6.07, 6.45) is 1.13. The molecule has 0 amide bonds. The van der Waals surface area contributed by atoms with Gasteiger partial charge in [0, 0.05) is 6.04 Å². The van der Waals surface area contributed by atoms with Gasteiger partial charge in [-0.2, -0.15) is 0 Å². The molecule has 1 rings (SSSR count). The highest BCUT2D eigenvalue weighted by atomic mass is 79.9. The standard InChI is InChI=1S/C12H19BrN2/c1-5-10(8(2)3)15-11-6-7-12(13)14-9(11)4/h6-8,10,15H,5H2,1-4H3. The third-order valence-electron chi connectivity index (χ3n) is 2.64. The Balaban J connectivity index is 2.79. The van der Waals surface area contributed by atoms with Crippen LogP contribution in [0.15, 0.2) is 16.7 Å². The minimum absolute atomic E-state index is 0.520. The van der Waals surface area contributed by atoms with Gasteiger partial charge in [-0.05, 0) is 47.3 Å². The van der Waals surface area contributed by atoms with E-state index < -0.39 is 0 Å². The Labute approximate surface area is 101 Å². The maximum Gasteiger partial charge on any atom is 0.106 e. The molecule has 3 heteroatoms. The molecule has 0 aliphatic carbocycles. The van der Waals surface area contributed by atoms with Gasteiger partial charge in [0.15, 0.2) is 0 Å². The van der Waals surface area contributed by atoms with E-state index in [1.54, 1.807) is 0 Å². The predicted octanol–water partition coefficient (Wildman–Crippen LogP) is 4.00. The van der Waals surface area contributed by atoms with Gasteiger partial charge in [-0.15, -0.1) is 0 Å². The van der Waals surface area contributed by atoms with E-state index in [9.17, 15) is 0 Å². The number of hydrogen-bond donors (Lipinski definition) is 1. The van der Waals surface area contributed by atoms with Gasteiger partial charge in [0.05, 0.1) is 11.4 Å². The molecule has 0 saturated heterocycles. The van der Waals surface area contributed by atoms with Crippen LogP contribution in [0.2, 0.25) is 0 Å². The van der Waals surface area contributed by atoms with E-state index in [1.165, 1.54) is 0 Å². The van der Waals surface area contributed by atoms with E-state index in [2.05, 4.69) is 53.1 Å².